The minimum atomic E-state index is -2.23. The van der Waals surface area contributed by atoms with E-state index >= 15 is 0 Å². The summed E-state index contributed by atoms with van der Waals surface area (Å²) in [5, 5.41) is 4.98. The fourth-order valence-corrected chi connectivity index (χ4v) is 9.47. The number of benzene rings is 1. The molecule has 0 spiro atoms. The van der Waals surface area contributed by atoms with Crippen molar-refractivity contribution < 1.29 is 16.8 Å². The van der Waals surface area contributed by atoms with Crippen LogP contribution in [0.5, 0.6) is 0 Å². The number of nitrogens with one attached hydrogen (secondary N) is 1. The van der Waals surface area contributed by atoms with Gasteiger partial charge in [-0.15, -0.1) is 0 Å². The third-order valence-electron chi connectivity index (χ3n) is 4.25. The average molecular weight is 362 g/mol. The summed E-state index contributed by atoms with van der Waals surface area (Å²) in [5.74, 6) is 0. The Bertz CT molecular complexity index is 696. The van der Waals surface area contributed by atoms with E-state index in [0.29, 0.717) is 4.22 Å². The van der Waals surface area contributed by atoms with Crippen LogP contribution in [0.15, 0.2) is 54.9 Å². The molecule has 0 amide bonds. The van der Waals surface area contributed by atoms with Gasteiger partial charge in [0.2, 0.25) is 0 Å². The Hall–Kier alpha value is -0.869. The van der Waals surface area contributed by atoms with Crippen LogP contribution < -0.4 is 3.80 Å². The number of hydrogen-bond donors (Lipinski definition) is 1. The van der Waals surface area contributed by atoms with Gasteiger partial charge in [0.1, 0.15) is 0 Å². The number of aromatic nitrogens is 1. The maximum Gasteiger partial charge on any atom is -0.0149 e. The van der Waals surface area contributed by atoms with E-state index in [0.717, 1.165) is 0 Å². The van der Waals surface area contributed by atoms with Gasteiger partial charge >= 0.3 is 138 Å². The van der Waals surface area contributed by atoms with E-state index in [1.54, 1.807) is 0 Å². The molecular weight excluding hydrogens is 332 g/mol. The Morgan fingerprint density at radius 3 is 2.22 bits per heavy atom. The summed E-state index contributed by atoms with van der Waals surface area (Å²) >= 11 is -2.23. The molecule has 2 nitrogen and oxygen atoms in total. The summed E-state index contributed by atoms with van der Waals surface area (Å²) in [4.78, 5) is 0. The minimum absolute atomic E-state index is 0. The van der Waals surface area contributed by atoms with E-state index in [2.05, 4.69) is 94.5 Å². The zero-order chi connectivity index (χ0) is 16.0. The van der Waals surface area contributed by atoms with Crippen molar-refractivity contribution in [1.29, 1.82) is 0 Å². The van der Waals surface area contributed by atoms with Crippen LogP contribution in [0.2, 0.25) is 10.5 Å². The van der Waals surface area contributed by atoms with Crippen LogP contribution in [-0.2, 0) is 16.8 Å². The molecule has 0 bridgehead atoms. The van der Waals surface area contributed by atoms with Gasteiger partial charge in [0, 0.05) is 0 Å². The topological polar surface area (TPSA) is 17.0 Å². The molecule has 0 aliphatic heterocycles. The third-order valence-corrected chi connectivity index (χ3v) is 9.61. The minimum Gasteiger partial charge on any atom is -0.0149 e. The van der Waals surface area contributed by atoms with E-state index in [1.807, 2.05) is 0 Å². The Labute approximate surface area is 148 Å². The van der Waals surface area contributed by atoms with E-state index in [-0.39, 0.29) is 16.5 Å². The predicted octanol–water partition coefficient (Wildman–Crippen LogP) is 3.53. The molecule has 1 aliphatic carbocycles. The zero-order valence-corrected chi connectivity index (χ0v) is 15.8. The van der Waals surface area contributed by atoms with Crippen molar-refractivity contribution >= 4 is 16.7 Å². The summed E-state index contributed by atoms with van der Waals surface area (Å²) in [6, 6.07) is 13.1. The molecule has 0 fully saturated rings. The van der Waals surface area contributed by atoms with E-state index < -0.39 is 16.8 Å². The Balaban J connectivity index is 0.00000192. The van der Waals surface area contributed by atoms with Gasteiger partial charge in [0.05, 0.1) is 0 Å². The molecule has 1 aliphatic rings. The van der Waals surface area contributed by atoms with Gasteiger partial charge in [0.25, 0.3) is 0 Å². The summed E-state index contributed by atoms with van der Waals surface area (Å²) in [6.07, 6.45) is 6.77. The molecular formula is C19H30N2SiTi. The molecule has 1 aromatic carbocycles. The van der Waals surface area contributed by atoms with Crippen LogP contribution in [-0.4, -0.2) is 21.1 Å². The van der Waals surface area contributed by atoms with Crippen LogP contribution in [0.25, 0.3) is 5.70 Å². The summed E-state index contributed by atoms with van der Waals surface area (Å²) in [6.45, 7) is 6.83. The van der Waals surface area contributed by atoms with Crippen molar-refractivity contribution in [2.45, 2.75) is 41.0 Å². The standard InChI is InChI=1S/C13H10N.C4H10N.2CH3.H4Si.Ti/c1-2-6-12-11(5-1)7-8-13(12)14-9-3-4-10-14;1-4(2,3)5;;;;/h1-10H;5H,1-3H3;2*1H3;1H4;/q;-1;;;;+1. The summed E-state index contributed by atoms with van der Waals surface area (Å²) < 4.78 is 6.77. The molecule has 0 radical (unpaired) electrons. The summed E-state index contributed by atoms with van der Waals surface area (Å²) in [7, 11) is 0. The second-order valence-corrected chi connectivity index (χ2v) is 14.5. The second kappa shape index (κ2) is 6.56. The quantitative estimate of drug-likeness (QED) is 0.827. The first-order valence-corrected chi connectivity index (χ1v) is 12.8. The van der Waals surface area contributed by atoms with Crippen molar-refractivity contribution in [2.75, 3.05) is 0 Å². The first-order chi connectivity index (χ1) is 10.3. The number of rotatable bonds is 3. The number of allylic oxidation sites excluding steroid dienone is 1. The fourth-order valence-electron chi connectivity index (χ4n) is 3.70. The zero-order valence-electron chi connectivity index (χ0n) is 14.2. The predicted molar refractivity (Wildman–Crippen MR) is 103 cm³/mol. The van der Waals surface area contributed by atoms with Gasteiger partial charge in [0.15, 0.2) is 0 Å². The van der Waals surface area contributed by atoms with Crippen molar-refractivity contribution in [3.05, 3.63) is 66.0 Å². The van der Waals surface area contributed by atoms with E-state index in [9.17, 15) is 0 Å². The molecule has 23 heavy (non-hydrogen) atoms. The maximum absolute atomic E-state index is 3.98. The monoisotopic (exact) mass is 362 g/mol. The first-order valence-electron chi connectivity index (χ1n) is 8.02. The van der Waals surface area contributed by atoms with Crippen molar-refractivity contribution in [2.24, 2.45) is 0 Å². The van der Waals surface area contributed by atoms with Crippen molar-refractivity contribution in [1.82, 2.24) is 8.37 Å². The van der Waals surface area contributed by atoms with Crippen LogP contribution in [0, 0.1) is 0 Å². The molecule has 1 unspecified atom stereocenters. The van der Waals surface area contributed by atoms with Gasteiger partial charge in [-0.3, -0.25) is 0 Å². The van der Waals surface area contributed by atoms with Crippen LogP contribution in [0.1, 0.15) is 36.1 Å². The molecule has 1 atom stereocenters. The molecule has 0 saturated carbocycles. The SMILES string of the molecule is CC(C)(C)[NH][Ti]([CH3])([CH3])[CH]1C=C(n2cccc2)c2ccccc21.[SiH4]. The number of hydrogen-bond acceptors (Lipinski definition) is 1. The van der Waals surface area contributed by atoms with Crippen LogP contribution >= 0.6 is 0 Å². The van der Waals surface area contributed by atoms with Crippen molar-refractivity contribution in [3.8, 4) is 0 Å². The molecule has 2 aromatic rings. The van der Waals surface area contributed by atoms with E-state index in [4.69, 9.17) is 0 Å². The smallest absolute Gasteiger partial charge is 0.0149 e. The molecule has 4 heteroatoms. The maximum atomic E-state index is 3.98. The Morgan fingerprint density at radius 1 is 1.00 bits per heavy atom. The number of nitrogens with zero attached hydrogens (tertiary/aromatic N) is 1. The average Bonchev–Trinajstić information content (AvgIpc) is 3.02. The first kappa shape index (κ1) is 18.5. The van der Waals surface area contributed by atoms with Crippen molar-refractivity contribution in [3.63, 3.8) is 0 Å². The van der Waals surface area contributed by atoms with Crippen LogP contribution in [0.3, 0.4) is 0 Å². The molecule has 1 aromatic heterocycles. The second-order valence-electron chi connectivity index (χ2n) is 7.80. The largest absolute Gasteiger partial charge is 0.0149 e. The van der Waals surface area contributed by atoms with E-state index in [1.165, 1.54) is 16.8 Å². The molecule has 0 saturated heterocycles. The summed E-state index contributed by atoms with van der Waals surface area (Å²) in [5.41, 5.74) is 4.38. The third kappa shape index (κ3) is 3.80. The molecule has 124 valence electrons. The van der Waals surface area contributed by atoms with Gasteiger partial charge in [-0.1, -0.05) is 0 Å². The van der Waals surface area contributed by atoms with Gasteiger partial charge in [-0.05, 0) is 11.0 Å². The van der Waals surface area contributed by atoms with Crippen LogP contribution in [0.4, 0.5) is 0 Å². The van der Waals surface area contributed by atoms with Gasteiger partial charge in [-0.2, -0.15) is 0 Å². The van der Waals surface area contributed by atoms with Gasteiger partial charge in [-0.25, -0.2) is 0 Å². The Morgan fingerprint density at radius 2 is 1.61 bits per heavy atom. The normalized spacial score (nSPS) is 17.4. The fraction of sp³-hybridized carbons (Fsp3) is 0.368. The molecule has 3 rings (SSSR count). The molecule has 1 N–H and O–H groups in total. The molecule has 1 heterocycles. The van der Waals surface area contributed by atoms with Gasteiger partial charge < -0.3 is 0 Å². The number of fused-ring (bicyclic) bond motifs is 1. The Kier molecular flexibility index (Phi) is 5.27.